The largest absolute Gasteiger partial charge is 0.493 e. The third-order valence-corrected chi connectivity index (χ3v) is 6.41. The summed E-state index contributed by atoms with van der Waals surface area (Å²) in [7, 11) is 3.27. The van der Waals surface area contributed by atoms with Crippen molar-refractivity contribution in [2.45, 2.75) is 37.8 Å². The fourth-order valence-corrected chi connectivity index (χ4v) is 4.55. The van der Waals surface area contributed by atoms with Crippen molar-refractivity contribution in [3.05, 3.63) is 58.6 Å². The minimum absolute atomic E-state index is 0.0778. The van der Waals surface area contributed by atoms with Gasteiger partial charge in [-0.3, -0.25) is 4.79 Å². The number of likely N-dealkylation sites (tertiary alicyclic amines) is 1. The second kappa shape index (κ2) is 9.27. The maximum absolute atomic E-state index is 13.1. The molecule has 1 saturated carbocycles. The molecule has 5 nitrogen and oxygen atoms in total. The Morgan fingerprint density at radius 3 is 2.50 bits per heavy atom. The molecule has 1 aliphatic carbocycles. The molecule has 2 fully saturated rings. The Morgan fingerprint density at radius 2 is 1.83 bits per heavy atom. The highest BCUT2D eigenvalue weighted by Crippen LogP contribution is 2.41. The normalized spacial score (nSPS) is 19.6. The highest BCUT2D eigenvalue weighted by atomic mass is 35.5. The van der Waals surface area contributed by atoms with E-state index in [4.69, 9.17) is 21.1 Å². The smallest absolute Gasteiger partial charge is 0.237 e. The van der Waals surface area contributed by atoms with Gasteiger partial charge >= 0.3 is 0 Å². The lowest BCUT2D eigenvalue weighted by Crippen LogP contribution is -2.39. The average Bonchev–Trinajstić information content (AvgIpc) is 3.49. The second-order valence-electron chi connectivity index (χ2n) is 8.11. The Morgan fingerprint density at radius 1 is 1.10 bits per heavy atom. The number of nitrogens with one attached hydrogen (secondary N) is 1. The van der Waals surface area contributed by atoms with E-state index in [1.165, 1.54) is 18.4 Å². The predicted octanol–water partition coefficient (Wildman–Crippen LogP) is 4.76. The maximum Gasteiger partial charge on any atom is 0.237 e. The summed E-state index contributed by atoms with van der Waals surface area (Å²) in [6, 6.07) is 14.2. The fraction of sp³-hybridized carbons (Fsp3) is 0.458. The number of rotatable bonds is 8. The number of nitrogens with zero attached hydrogens (tertiary/aromatic N) is 1. The van der Waals surface area contributed by atoms with Crippen LogP contribution in [0.2, 0.25) is 5.02 Å². The van der Waals surface area contributed by atoms with E-state index in [0.717, 1.165) is 30.0 Å². The van der Waals surface area contributed by atoms with Crippen LogP contribution in [-0.4, -0.2) is 38.1 Å². The number of ether oxygens (including phenoxy) is 2. The number of amides is 1. The summed E-state index contributed by atoms with van der Waals surface area (Å²) >= 11 is 6.04. The summed E-state index contributed by atoms with van der Waals surface area (Å²) in [5, 5.41) is 4.26. The van der Waals surface area contributed by atoms with Gasteiger partial charge in [-0.2, -0.15) is 0 Å². The van der Waals surface area contributed by atoms with Crippen molar-refractivity contribution in [2.24, 2.45) is 5.92 Å². The molecule has 0 spiro atoms. The number of carbonyl (C=O) groups is 1. The maximum atomic E-state index is 13.1. The molecule has 160 valence electrons. The highest BCUT2D eigenvalue weighted by Gasteiger charge is 2.34. The summed E-state index contributed by atoms with van der Waals surface area (Å²) in [5.41, 5.74) is 2.29. The van der Waals surface area contributed by atoms with Crippen LogP contribution in [0.15, 0.2) is 42.5 Å². The van der Waals surface area contributed by atoms with Gasteiger partial charge in [-0.25, -0.2) is 0 Å². The molecule has 2 atom stereocenters. The van der Waals surface area contributed by atoms with Crippen LogP contribution in [0.3, 0.4) is 0 Å². The quantitative estimate of drug-likeness (QED) is 0.658. The number of halogens is 1. The van der Waals surface area contributed by atoms with Crippen LogP contribution in [-0.2, 0) is 4.79 Å². The Kier molecular flexibility index (Phi) is 6.49. The molecule has 1 aliphatic heterocycles. The van der Waals surface area contributed by atoms with E-state index in [1.807, 2.05) is 35.2 Å². The number of hydrogen-bond acceptors (Lipinski definition) is 4. The van der Waals surface area contributed by atoms with Gasteiger partial charge in [0.05, 0.1) is 26.8 Å². The van der Waals surface area contributed by atoms with Crippen LogP contribution in [0, 0.1) is 5.92 Å². The molecule has 2 unspecified atom stereocenters. The van der Waals surface area contributed by atoms with E-state index in [1.54, 1.807) is 14.2 Å². The standard InChI is InChI=1S/C24H29ClN2O3/c1-29-21-12-9-18(14-22(21)30-2)20-4-3-13-27(20)23(28)15-26-24(16-5-6-16)17-7-10-19(25)11-8-17/h7-12,14,16,20,24,26H,3-6,13,15H2,1-2H3. The van der Waals surface area contributed by atoms with Crippen LogP contribution in [0.1, 0.15) is 48.9 Å². The lowest BCUT2D eigenvalue weighted by Gasteiger charge is -2.27. The zero-order valence-electron chi connectivity index (χ0n) is 17.6. The number of carbonyl (C=O) groups excluding carboxylic acids is 1. The molecule has 30 heavy (non-hydrogen) atoms. The van der Waals surface area contributed by atoms with Crippen LogP contribution >= 0.6 is 11.6 Å². The molecule has 0 bridgehead atoms. The first kappa shape index (κ1) is 21.0. The van der Waals surface area contributed by atoms with Gasteiger partial charge in [-0.15, -0.1) is 0 Å². The van der Waals surface area contributed by atoms with Crippen LogP contribution < -0.4 is 14.8 Å². The molecule has 2 aromatic carbocycles. The molecular formula is C24H29ClN2O3. The minimum Gasteiger partial charge on any atom is -0.493 e. The van der Waals surface area contributed by atoms with Crippen molar-refractivity contribution in [3.8, 4) is 11.5 Å². The van der Waals surface area contributed by atoms with E-state index in [-0.39, 0.29) is 18.0 Å². The molecule has 1 saturated heterocycles. The molecule has 2 aliphatic rings. The third-order valence-electron chi connectivity index (χ3n) is 6.16. The van der Waals surface area contributed by atoms with E-state index in [9.17, 15) is 4.79 Å². The first-order valence-corrected chi connectivity index (χ1v) is 11.0. The van der Waals surface area contributed by atoms with Crippen molar-refractivity contribution < 1.29 is 14.3 Å². The van der Waals surface area contributed by atoms with Gasteiger partial charge in [0.15, 0.2) is 11.5 Å². The Balaban J connectivity index is 1.44. The Labute approximate surface area is 183 Å². The highest BCUT2D eigenvalue weighted by molar-refractivity contribution is 6.30. The van der Waals surface area contributed by atoms with E-state index >= 15 is 0 Å². The molecule has 0 aromatic heterocycles. The van der Waals surface area contributed by atoms with Crippen molar-refractivity contribution in [1.82, 2.24) is 10.2 Å². The van der Waals surface area contributed by atoms with Crippen molar-refractivity contribution >= 4 is 17.5 Å². The topological polar surface area (TPSA) is 50.8 Å². The zero-order chi connectivity index (χ0) is 21.1. The molecule has 6 heteroatoms. The lowest BCUT2D eigenvalue weighted by atomic mass is 10.0. The molecule has 0 radical (unpaired) electrons. The second-order valence-corrected chi connectivity index (χ2v) is 8.54. The van der Waals surface area contributed by atoms with E-state index < -0.39 is 0 Å². The average molecular weight is 429 g/mol. The van der Waals surface area contributed by atoms with Gasteiger partial charge in [0.2, 0.25) is 5.91 Å². The first-order chi connectivity index (χ1) is 14.6. The Hall–Kier alpha value is -2.24. The SMILES string of the molecule is COc1ccc(C2CCCN2C(=O)CNC(c2ccc(Cl)cc2)C2CC2)cc1OC. The molecular weight excluding hydrogens is 400 g/mol. The zero-order valence-corrected chi connectivity index (χ0v) is 18.3. The number of benzene rings is 2. The molecule has 2 aromatic rings. The molecule has 1 amide bonds. The van der Waals surface area contributed by atoms with E-state index in [0.29, 0.717) is 24.0 Å². The van der Waals surface area contributed by atoms with Gasteiger partial charge in [-0.05, 0) is 67.0 Å². The minimum atomic E-state index is 0.0778. The monoisotopic (exact) mass is 428 g/mol. The predicted molar refractivity (Wildman–Crippen MR) is 118 cm³/mol. The number of hydrogen-bond donors (Lipinski definition) is 1. The molecule has 1 heterocycles. The van der Waals surface area contributed by atoms with Crippen molar-refractivity contribution in [1.29, 1.82) is 0 Å². The number of methoxy groups -OCH3 is 2. The summed E-state index contributed by atoms with van der Waals surface area (Å²) < 4.78 is 10.8. The van der Waals surface area contributed by atoms with Gasteiger partial charge in [0.25, 0.3) is 0 Å². The van der Waals surface area contributed by atoms with Gasteiger partial charge in [0.1, 0.15) is 0 Å². The first-order valence-electron chi connectivity index (χ1n) is 10.6. The van der Waals surface area contributed by atoms with Crippen LogP contribution in [0.4, 0.5) is 0 Å². The van der Waals surface area contributed by atoms with Crippen molar-refractivity contribution in [3.63, 3.8) is 0 Å². The van der Waals surface area contributed by atoms with E-state index in [2.05, 4.69) is 17.4 Å². The lowest BCUT2D eigenvalue weighted by molar-refractivity contribution is -0.131. The van der Waals surface area contributed by atoms with Crippen molar-refractivity contribution in [2.75, 3.05) is 27.3 Å². The Bertz CT molecular complexity index is 883. The summed E-state index contributed by atoms with van der Waals surface area (Å²) in [5.74, 6) is 2.14. The summed E-state index contributed by atoms with van der Waals surface area (Å²) in [4.78, 5) is 15.1. The van der Waals surface area contributed by atoms with Gasteiger partial charge in [-0.1, -0.05) is 29.8 Å². The van der Waals surface area contributed by atoms with Crippen LogP contribution in [0.25, 0.3) is 0 Å². The fourth-order valence-electron chi connectivity index (χ4n) is 4.43. The summed E-state index contributed by atoms with van der Waals surface area (Å²) in [6.07, 6.45) is 4.37. The summed E-state index contributed by atoms with van der Waals surface area (Å²) in [6.45, 7) is 1.13. The third kappa shape index (κ3) is 4.57. The van der Waals surface area contributed by atoms with Gasteiger partial charge < -0.3 is 19.7 Å². The molecule has 1 N–H and O–H groups in total. The van der Waals surface area contributed by atoms with Gasteiger partial charge in [0, 0.05) is 17.6 Å². The van der Waals surface area contributed by atoms with Crippen LogP contribution in [0.5, 0.6) is 11.5 Å². The molecule has 4 rings (SSSR count).